The molecule has 17 heavy (non-hydrogen) atoms. The molecule has 2 aromatic heterocycles. The molecule has 0 fully saturated rings. The van der Waals surface area contributed by atoms with Crippen LogP contribution in [0.25, 0.3) is 0 Å². The number of aromatic nitrogens is 3. The van der Waals surface area contributed by atoms with E-state index in [1.165, 1.54) is 24.4 Å². The highest BCUT2D eigenvalue weighted by molar-refractivity contribution is 7.99. The van der Waals surface area contributed by atoms with Gasteiger partial charge in [-0.25, -0.2) is 20.8 Å². The van der Waals surface area contributed by atoms with E-state index in [1.54, 1.807) is 6.20 Å². The van der Waals surface area contributed by atoms with Gasteiger partial charge in [-0.2, -0.15) is 0 Å². The van der Waals surface area contributed by atoms with Crippen molar-refractivity contribution in [1.29, 1.82) is 0 Å². The maximum atomic E-state index is 5.43. The molecule has 0 radical (unpaired) electrons. The molecule has 0 aliphatic heterocycles. The summed E-state index contributed by atoms with van der Waals surface area (Å²) in [5.41, 5.74) is 3.57. The summed E-state index contributed by atoms with van der Waals surface area (Å²) >= 11 is 1.37. The lowest BCUT2D eigenvalue weighted by atomic mass is 10.2. The van der Waals surface area contributed by atoms with Gasteiger partial charge in [0, 0.05) is 5.56 Å². The van der Waals surface area contributed by atoms with Crippen LogP contribution in [0, 0.1) is 0 Å². The summed E-state index contributed by atoms with van der Waals surface area (Å²) < 4.78 is 5.18. The topological polar surface area (TPSA) is 89.9 Å². The first-order chi connectivity index (χ1) is 8.35. The molecule has 6 nitrogen and oxygen atoms in total. The molecule has 2 aromatic rings. The normalized spacial score (nSPS) is 10.5. The highest BCUT2D eigenvalue weighted by Gasteiger charge is 2.13. The fourth-order valence-electron chi connectivity index (χ4n) is 1.43. The lowest BCUT2D eigenvalue weighted by molar-refractivity contribution is 0.454. The predicted octanol–water partition coefficient (Wildman–Crippen LogP) is 1.85. The van der Waals surface area contributed by atoms with E-state index in [1.807, 2.05) is 0 Å². The minimum absolute atomic E-state index is 0.559. The molecule has 0 saturated carbocycles. The van der Waals surface area contributed by atoms with E-state index < -0.39 is 0 Å². The molecule has 0 aromatic carbocycles. The lowest BCUT2D eigenvalue weighted by Gasteiger charge is -2.09. The first-order valence-electron chi connectivity index (χ1n) is 5.23. The largest absolute Gasteiger partial charge is 0.440 e. The van der Waals surface area contributed by atoms with Gasteiger partial charge in [0.25, 0.3) is 5.22 Å². The Morgan fingerprint density at radius 1 is 1.41 bits per heavy atom. The van der Waals surface area contributed by atoms with Gasteiger partial charge < -0.3 is 9.84 Å². The third kappa shape index (κ3) is 2.75. The third-order valence-corrected chi connectivity index (χ3v) is 3.06. The third-order valence-electron chi connectivity index (χ3n) is 2.14. The van der Waals surface area contributed by atoms with Crippen LogP contribution in [0.4, 0.5) is 5.82 Å². The van der Waals surface area contributed by atoms with Crippen LogP contribution in [0.2, 0.25) is 0 Å². The highest BCUT2D eigenvalue weighted by atomic mass is 32.2. The number of nitrogens with one attached hydrogen (secondary N) is 1. The zero-order valence-electron chi connectivity index (χ0n) is 9.38. The summed E-state index contributed by atoms with van der Waals surface area (Å²) in [6.45, 7) is 2.09. The molecule has 0 atom stereocenters. The zero-order valence-corrected chi connectivity index (χ0v) is 10.2. The van der Waals surface area contributed by atoms with Gasteiger partial charge in [-0.3, -0.25) is 0 Å². The molecule has 3 N–H and O–H groups in total. The number of nitrogens with zero attached hydrogens (tertiary/aromatic N) is 3. The minimum atomic E-state index is 0.559. The van der Waals surface area contributed by atoms with Crippen LogP contribution in [-0.2, 0) is 6.42 Å². The van der Waals surface area contributed by atoms with Gasteiger partial charge in [0.15, 0.2) is 0 Å². The Labute approximate surface area is 103 Å². The standard InChI is InChI=1S/C10H13N5OS/c1-2-3-7-8(15-11)13-6-14-9(7)17-10-12-4-5-16-10/h4-6H,2-3,11H2,1H3,(H,13,14,15). The zero-order chi connectivity index (χ0) is 12.1. The number of hydrogen-bond acceptors (Lipinski definition) is 7. The van der Waals surface area contributed by atoms with Crippen LogP contribution in [0.5, 0.6) is 0 Å². The molecule has 0 aliphatic rings. The number of anilines is 1. The van der Waals surface area contributed by atoms with Crippen molar-refractivity contribution < 1.29 is 4.42 Å². The molecule has 0 unspecified atom stereocenters. The molecule has 0 spiro atoms. The Balaban J connectivity index is 2.31. The van der Waals surface area contributed by atoms with E-state index in [9.17, 15) is 0 Å². The second-order valence-corrected chi connectivity index (χ2v) is 4.24. The molecule has 90 valence electrons. The fraction of sp³-hybridized carbons (Fsp3) is 0.300. The molecule has 2 rings (SSSR count). The molecule has 0 bridgehead atoms. The van der Waals surface area contributed by atoms with Gasteiger partial charge in [-0.05, 0) is 18.2 Å². The van der Waals surface area contributed by atoms with Crippen LogP contribution in [0.1, 0.15) is 18.9 Å². The number of nitrogens with two attached hydrogens (primary N) is 1. The van der Waals surface area contributed by atoms with Crippen LogP contribution in [-0.4, -0.2) is 15.0 Å². The molecule has 0 aliphatic carbocycles. The van der Waals surface area contributed by atoms with Crippen molar-refractivity contribution in [1.82, 2.24) is 15.0 Å². The van der Waals surface area contributed by atoms with Crippen molar-refractivity contribution in [3.63, 3.8) is 0 Å². The summed E-state index contributed by atoms with van der Waals surface area (Å²) in [4.78, 5) is 12.4. The number of nitrogen functional groups attached to an aromatic ring is 1. The first kappa shape index (κ1) is 11.9. The van der Waals surface area contributed by atoms with Gasteiger partial charge in [-0.15, -0.1) is 0 Å². The van der Waals surface area contributed by atoms with Crippen LogP contribution < -0.4 is 11.3 Å². The smallest absolute Gasteiger partial charge is 0.261 e. The summed E-state index contributed by atoms with van der Waals surface area (Å²) in [5, 5.41) is 1.38. The van der Waals surface area contributed by atoms with E-state index in [2.05, 4.69) is 27.3 Å². The van der Waals surface area contributed by atoms with E-state index >= 15 is 0 Å². The Kier molecular flexibility index (Phi) is 3.94. The summed E-state index contributed by atoms with van der Waals surface area (Å²) in [7, 11) is 0. The van der Waals surface area contributed by atoms with E-state index in [0.29, 0.717) is 11.0 Å². The van der Waals surface area contributed by atoms with Crippen molar-refractivity contribution in [3.05, 3.63) is 24.4 Å². The Hall–Kier alpha value is -1.60. The molecular formula is C10H13N5OS. The van der Waals surface area contributed by atoms with Gasteiger partial charge in [-0.1, -0.05) is 13.3 Å². The first-order valence-corrected chi connectivity index (χ1v) is 6.04. The van der Waals surface area contributed by atoms with Gasteiger partial charge in [0.1, 0.15) is 23.4 Å². The average molecular weight is 251 g/mol. The molecule has 0 amide bonds. The Morgan fingerprint density at radius 3 is 2.94 bits per heavy atom. The highest BCUT2D eigenvalue weighted by Crippen LogP contribution is 2.30. The molecule has 0 saturated heterocycles. The number of hydrazine groups is 1. The van der Waals surface area contributed by atoms with Gasteiger partial charge in [0.2, 0.25) is 0 Å². The molecule has 2 heterocycles. The van der Waals surface area contributed by atoms with Gasteiger partial charge in [0.05, 0.1) is 6.20 Å². The van der Waals surface area contributed by atoms with Gasteiger partial charge >= 0.3 is 0 Å². The van der Waals surface area contributed by atoms with Crippen LogP contribution >= 0.6 is 11.8 Å². The SMILES string of the molecule is CCCc1c(NN)ncnc1Sc1ncco1. The van der Waals surface area contributed by atoms with E-state index in [4.69, 9.17) is 10.3 Å². The minimum Gasteiger partial charge on any atom is -0.440 e. The predicted molar refractivity (Wildman–Crippen MR) is 64.5 cm³/mol. The van der Waals surface area contributed by atoms with Crippen LogP contribution in [0.15, 0.2) is 33.5 Å². The van der Waals surface area contributed by atoms with Crippen molar-refractivity contribution in [2.75, 3.05) is 5.43 Å². The van der Waals surface area contributed by atoms with Crippen LogP contribution in [0.3, 0.4) is 0 Å². The quantitative estimate of drug-likeness (QED) is 0.476. The Morgan fingerprint density at radius 2 is 2.29 bits per heavy atom. The summed E-state index contributed by atoms with van der Waals surface area (Å²) in [6, 6.07) is 0. The lowest BCUT2D eigenvalue weighted by Crippen LogP contribution is -2.12. The number of hydrogen-bond donors (Lipinski definition) is 2. The second-order valence-electron chi connectivity index (χ2n) is 3.30. The molecule has 7 heteroatoms. The fourth-order valence-corrected chi connectivity index (χ4v) is 2.23. The monoisotopic (exact) mass is 251 g/mol. The van der Waals surface area contributed by atoms with Crippen molar-refractivity contribution in [3.8, 4) is 0 Å². The Bertz CT molecular complexity index is 474. The second kappa shape index (κ2) is 5.65. The van der Waals surface area contributed by atoms with Crippen molar-refractivity contribution >= 4 is 17.6 Å². The summed E-state index contributed by atoms with van der Waals surface area (Å²) in [6.07, 6.45) is 6.44. The van der Waals surface area contributed by atoms with E-state index in [-0.39, 0.29) is 0 Å². The summed E-state index contributed by atoms with van der Waals surface area (Å²) in [5.74, 6) is 6.08. The maximum absolute atomic E-state index is 5.43. The average Bonchev–Trinajstić information content (AvgIpc) is 2.84. The van der Waals surface area contributed by atoms with E-state index in [0.717, 1.165) is 23.4 Å². The van der Waals surface area contributed by atoms with Crippen molar-refractivity contribution in [2.45, 2.75) is 30.0 Å². The number of rotatable bonds is 5. The maximum Gasteiger partial charge on any atom is 0.261 e. The molecular weight excluding hydrogens is 238 g/mol. The number of oxazole rings is 1. The van der Waals surface area contributed by atoms with Crippen molar-refractivity contribution in [2.24, 2.45) is 5.84 Å².